The smallest absolute Gasteiger partial charge is 0.420 e. The van der Waals surface area contributed by atoms with Gasteiger partial charge in [-0.2, -0.15) is 13.2 Å². The molecule has 6 heteroatoms. The van der Waals surface area contributed by atoms with Crippen LogP contribution in [0, 0.1) is 0 Å². The number of fused-ring (bicyclic) bond motifs is 1. The highest BCUT2D eigenvalue weighted by molar-refractivity contribution is 7.80. The lowest BCUT2D eigenvalue weighted by Crippen LogP contribution is -2.04. The Labute approximate surface area is 82.1 Å². The molecule has 2 nitrogen and oxygen atoms in total. The lowest BCUT2D eigenvalue weighted by atomic mass is 10.2. The van der Waals surface area contributed by atoms with E-state index in [1.807, 2.05) is 0 Å². The molecule has 1 aromatic heterocycles. The van der Waals surface area contributed by atoms with E-state index in [9.17, 15) is 13.2 Å². The van der Waals surface area contributed by atoms with Crippen LogP contribution in [0.15, 0.2) is 27.8 Å². The van der Waals surface area contributed by atoms with Crippen LogP contribution < -0.4 is 0 Å². The van der Waals surface area contributed by atoms with E-state index in [4.69, 9.17) is 4.42 Å². The molecule has 74 valence electrons. The Balaban J connectivity index is 2.77. The molecule has 1 heterocycles. The van der Waals surface area contributed by atoms with Crippen molar-refractivity contribution in [3.63, 3.8) is 0 Å². The van der Waals surface area contributed by atoms with E-state index >= 15 is 0 Å². The van der Waals surface area contributed by atoms with Crippen molar-refractivity contribution in [1.82, 2.24) is 4.98 Å². The van der Waals surface area contributed by atoms with Crippen LogP contribution >= 0.6 is 12.6 Å². The summed E-state index contributed by atoms with van der Waals surface area (Å²) in [7, 11) is 0. The monoisotopic (exact) mass is 219 g/mol. The predicted octanol–water partition coefficient (Wildman–Crippen LogP) is 3.14. The number of para-hydroxylation sites is 1. The maximum Gasteiger partial charge on any atom is 0.420 e. The molecule has 2 rings (SSSR count). The number of benzene rings is 1. The van der Waals surface area contributed by atoms with Gasteiger partial charge in [-0.15, -0.1) is 0 Å². The summed E-state index contributed by atoms with van der Waals surface area (Å²) >= 11 is 3.74. The second kappa shape index (κ2) is 2.91. The number of hydrogen-bond acceptors (Lipinski definition) is 3. The molecule has 14 heavy (non-hydrogen) atoms. The van der Waals surface area contributed by atoms with Crippen molar-refractivity contribution in [2.45, 2.75) is 11.4 Å². The van der Waals surface area contributed by atoms with Crippen LogP contribution in [0.5, 0.6) is 0 Å². The highest BCUT2D eigenvalue weighted by Crippen LogP contribution is 2.35. The molecule has 0 N–H and O–H groups in total. The van der Waals surface area contributed by atoms with Gasteiger partial charge in [0.05, 0.1) is 0 Å². The number of rotatable bonds is 0. The standard InChI is InChI=1S/C8H4F3NOS/c9-8(10,11)4-2-1-3-5-6(4)13-7(14)12-5/h1-3H,(H,12,14). The lowest BCUT2D eigenvalue weighted by molar-refractivity contribution is -0.136. The van der Waals surface area contributed by atoms with Crippen molar-refractivity contribution in [2.24, 2.45) is 0 Å². The number of halogens is 3. The number of hydrogen-bond donors (Lipinski definition) is 1. The van der Waals surface area contributed by atoms with Gasteiger partial charge in [0.2, 0.25) is 0 Å². The molecule has 0 unspecified atom stereocenters. The van der Waals surface area contributed by atoms with Crippen molar-refractivity contribution >= 4 is 23.7 Å². The van der Waals surface area contributed by atoms with Gasteiger partial charge in [-0.1, -0.05) is 18.7 Å². The fraction of sp³-hybridized carbons (Fsp3) is 0.125. The fourth-order valence-electron chi connectivity index (χ4n) is 1.16. The molecule has 0 aliphatic rings. The van der Waals surface area contributed by atoms with E-state index in [0.717, 1.165) is 6.07 Å². The van der Waals surface area contributed by atoms with Crippen molar-refractivity contribution < 1.29 is 17.6 Å². The number of nitrogens with zero attached hydrogens (tertiary/aromatic N) is 1. The summed E-state index contributed by atoms with van der Waals surface area (Å²) in [5.41, 5.74) is -0.947. The molecule has 0 aliphatic heterocycles. The first-order valence-electron chi connectivity index (χ1n) is 3.64. The molecule has 1 aromatic carbocycles. The van der Waals surface area contributed by atoms with Gasteiger partial charge in [-0.05, 0) is 12.1 Å². The molecular formula is C8H4F3NOS. The molecule has 0 aliphatic carbocycles. The van der Waals surface area contributed by atoms with E-state index in [-0.39, 0.29) is 16.3 Å². The minimum Gasteiger partial charge on any atom is -0.431 e. The number of alkyl halides is 3. The summed E-state index contributed by atoms with van der Waals surface area (Å²) in [6.07, 6.45) is -4.43. The van der Waals surface area contributed by atoms with Crippen molar-refractivity contribution in [3.05, 3.63) is 23.8 Å². The van der Waals surface area contributed by atoms with Gasteiger partial charge in [-0.25, -0.2) is 4.98 Å². The van der Waals surface area contributed by atoms with Crippen LogP contribution in [0.1, 0.15) is 5.56 Å². The molecule has 0 fully saturated rings. The fourth-order valence-corrected chi connectivity index (χ4v) is 1.36. The minimum atomic E-state index is -4.43. The third kappa shape index (κ3) is 1.45. The number of oxazole rings is 1. The molecule has 0 atom stereocenters. The predicted molar refractivity (Wildman–Crippen MR) is 46.3 cm³/mol. The van der Waals surface area contributed by atoms with Crippen LogP contribution in [-0.4, -0.2) is 4.98 Å². The van der Waals surface area contributed by atoms with E-state index in [1.165, 1.54) is 12.1 Å². The second-order valence-electron chi connectivity index (χ2n) is 2.65. The van der Waals surface area contributed by atoms with Gasteiger partial charge >= 0.3 is 6.18 Å². The molecule has 2 aromatic rings. The normalized spacial score (nSPS) is 12.3. The van der Waals surface area contributed by atoms with Crippen molar-refractivity contribution in [1.29, 1.82) is 0 Å². The van der Waals surface area contributed by atoms with Gasteiger partial charge in [-0.3, -0.25) is 0 Å². The van der Waals surface area contributed by atoms with Crippen molar-refractivity contribution in [2.75, 3.05) is 0 Å². The topological polar surface area (TPSA) is 26.0 Å². The number of aromatic nitrogens is 1. The third-order valence-electron chi connectivity index (χ3n) is 1.71. The maximum atomic E-state index is 12.4. The summed E-state index contributed by atoms with van der Waals surface area (Å²) in [5, 5.41) is -0.0725. The van der Waals surface area contributed by atoms with Crippen molar-refractivity contribution in [3.8, 4) is 0 Å². The molecule has 0 saturated heterocycles. The molecule has 0 amide bonds. The zero-order valence-corrected chi connectivity index (χ0v) is 7.56. The maximum absolute atomic E-state index is 12.4. The summed E-state index contributed by atoms with van der Waals surface area (Å²) in [6.45, 7) is 0. The van der Waals surface area contributed by atoms with Gasteiger partial charge in [0, 0.05) is 0 Å². The quantitative estimate of drug-likeness (QED) is 0.689. The van der Waals surface area contributed by atoms with Crippen LogP contribution in [0.4, 0.5) is 13.2 Å². The molecule has 0 spiro atoms. The highest BCUT2D eigenvalue weighted by Gasteiger charge is 2.34. The van der Waals surface area contributed by atoms with E-state index < -0.39 is 11.7 Å². The highest BCUT2D eigenvalue weighted by atomic mass is 32.1. The Morgan fingerprint density at radius 2 is 2.00 bits per heavy atom. The van der Waals surface area contributed by atoms with Gasteiger partial charge in [0.15, 0.2) is 5.58 Å². The average Bonchev–Trinajstić information content (AvgIpc) is 2.41. The first-order valence-corrected chi connectivity index (χ1v) is 4.09. The van der Waals surface area contributed by atoms with E-state index in [0.29, 0.717) is 0 Å². The van der Waals surface area contributed by atoms with Crippen LogP contribution in [0.25, 0.3) is 11.1 Å². The third-order valence-corrected chi connectivity index (χ3v) is 1.90. The van der Waals surface area contributed by atoms with Crippen LogP contribution in [-0.2, 0) is 6.18 Å². The molecule has 0 saturated carbocycles. The van der Waals surface area contributed by atoms with Crippen LogP contribution in [0.2, 0.25) is 0 Å². The van der Waals surface area contributed by atoms with Gasteiger partial charge < -0.3 is 4.42 Å². The summed E-state index contributed by atoms with van der Waals surface area (Å²) in [6, 6.07) is 3.66. The minimum absolute atomic E-state index is 0.0725. The van der Waals surface area contributed by atoms with E-state index in [2.05, 4.69) is 17.6 Å². The Morgan fingerprint density at radius 1 is 1.29 bits per heavy atom. The van der Waals surface area contributed by atoms with Gasteiger partial charge in [0.1, 0.15) is 11.1 Å². The Kier molecular flexibility index (Phi) is 1.95. The first-order chi connectivity index (χ1) is 6.48. The lowest BCUT2D eigenvalue weighted by Gasteiger charge is -2.05. The van der Waals surface area contributed by atoms with Gasteiger partial charge in [0.25, 0.3) is 5.22 Å². The zero-order chi connectivity index (χ0) is 10.3. The largest absolute Gasteiger partial charge is 0.431 e. The zero-order valence-electron chi connectivity index (χ0n) is 6.67. The Morgan fingerprint density at radius 3 is 2.64 bits per heavy atom. The molecule has 0 bridgehead atoms. The SMILES string of the molecule is FC(F)(F)c1cccc2nc(S)oc12. The molecular weight excluding hydrogens is 215 g/mol. The van der Waals surface area contributed by atoms with E-state index in [1.54, 1.807) is 0 Å². The first kappa shape index (κ1) is 9.39. The summed E-state index contributed by atoms with van der Waals surface area (Å²) in [4.78, 5) is 3.68. The van der Waals surface area contributed by atoms with Crippen LogP contribution in [0.3, 0.4) is 0 Å². The summed E-state index contributed by atoms with van der Waals surface area (Å²) in [5.74, 6) is 0. The number of thiol groups is 1. The molecule has 0 radical (unpaired) electrons. The second-order valence-corrected chi connectivity index (χ2v) is 3.03. The summed E-state index contributed by atoms with van der Waals surface area (Å²) < 4.78 is 42.0. The Bertz CT molecular complexity index is 477. The average molecular weight is 219 g/mol. The Hall–Kier alpha value is -1.17.